The first-order valence-corrected chi connectivity index (χ1v) is 14.0. The summed E-state index contributed by atoms with van der Waals surface area (Å²) < 4.78 is 42.6. The zero-order valence-electron chi connectivity index (χ0n) is 23.6. The number of amides is 2. The van der Waals surface area contributed by atoms with Gasteiger partial charge in [0.25, 0.3) is 0 Å². The number of nitrogens with one attached hydrogen (secondary N) is 1. The van der Waals surface area contributed by atoms with E-state index in [1.807, 2.05) is 0 Å². The monoisotopic (exact) mass is 613 g/mol. The summed E-state index contributed by atoms with van der Waals surface area (Å²) in [6.07, 6.45) is 1.66. The fourth-order valence-corrected chi connectivity index (χ4v) is 5.48. The van der Waals surface area contributed by atoms with Crippen molar-refractivity contribution in [1.29, 1.82) is 0 Å². The minimum absolute atomic E-state index is 0.0477. The van der Waals surface area contributed by atoms with Crippen molar-refractivity contribution >= 4 is 40.5 Å². The molecule has 13 nitrogen and oxygen atoms in total. The Morgan fingerprint density at radius 2 is 1.98 bits per heavy atom. The summed E-state index contributed by atoms with van der Waals surface area (Å²) in [4.78, 5) is 54.8. The van der Waals surface area contributed by atoms with Gasteiger partial charge in [-0.3, -0.25) is 14.5 Å². The van der Waals surface area contributed by atoms with Gasteiger partial charge in [-0.15, -0.1) is 0 Å². The Kier molecular flexibility index (Phi) is 7.35. The van der Waals surface area contributed by atoms with Crippen molar-refractivity contribution in [2.45, 2.75) is 43.9 Å². The van der Waals surface area contributed by atoms with Crippen LogP contribution in [0.25, 0.3) is 11.0 Å². The van der Waals surface area contributed by atoms with E-state index in [9.17, 15) is 33.8 Å². The van der Waals surface area contributed by atoms with Gasteiger partial charge >= 0.3 is 12.1 Å². The molecule has 0 radical (unpaired) electrons. The number of benzene rings is 1. The van der Waals surface area contributed by atoms with Gasteiger partial charge in [-0.1, -0.05) is 0 Å². The third-order valence-electron chi connectivity index (χ3n) is 7.92. The number of carboxylic acid groups (broad SMARTS) is 1. The Morgan fingerprint density at radius 3 is 2.66 bits per heavy atom. The van der Waals surface area contributed by atoms with Gasteiger partial charge in [0.05, 0.1) is 30.7 Å². The summed E-state index contributed by atoms with van der Waals surface area (Å²) >= 11 is 0. The minimum atomic E-state index is -1.49. The molecule has 2 saturated heterocycles. The predicted molar refractivity (Wildman–Crippen MR) is 151 cm³/mol. The van der Waals surface area contributed by atoms with Crippen LogP contribution >= 0.6 is 0 Å². The number of cyclic esters (lactones) is 1. The standard InChI is InChI=1S/C29H29F2N5O8/c1-15(37)32-10-18-11-36(28(41)44-18)17-4-5-23(21(30)8-17)43-14-29(42)6-7-34(13-29)26-22(31)9-19-24(38)20(27(39)40)12-35(16-2-3-16)25(19)33-26/h4-5,8-9,12,16,18,42H,2-3,6-7,10-11,13-14H2,1H3,(H,32,37)(H,39,40)/t18-,29?/m0/s1. The van der Waals surface area contributed by atoms with E-state index in [0.29, 0.717) is 0 Å². The maximum atomic E-state index is 15.3. The lowest BCUT2D eigenvalue weighted by molar-refractivity contribution is -0.119. The van der Waals surface area contributed by atoms with Gasteiger partial charge in [-0.25, -0.2) is 23.4 Å². The van der Waals surface area contributed by atoms with Crippen molar-refractivity contribution in [2.24, 2.45) is 0 Å². The molecule has 1 unspecified atom stereocenters. The maximum Gasteiger partial charge on any atom is 0.414 e. The molecule has 4 heterocycles. The number of anilines is 2. The van der Waals surface area contributed by atoms with Gasteiger partial charge in [0.15, 0.2) is 23.2 Å². The van der Waals surface area contributed by atoms with Crippen molar-refractivity contribution in [3.05, 3.63) is 57.9 Å². The zero-order valence-corrected chi connectivity index (χ0v) is 23.6. The lowest BCUT2D eigenvalue weighted by atomic mass is 10.1. The molecule has 15 heteroatoms. The van der Waals surface area contributed by atoms with E-state index in [2.05, 4.69) is 10.3 Å². The highest BCUT2D eigenvalue weighted by Crippen LogP contribution is 2.38. The number of nitrogens with zero attached hydrogens (tertiary/aromatic N) is 4. The van der Waals surface area contributed by atoms with Crippen LogP contribution in [0, 0.1) is 11.6 Å². The summed E-state index contributed by atoms with van der Waals surface area (Å²) in [5.74, 6) is -3.56. The number of aliphatic hydroxyl groups is 1. The van der Waals surface area contributed by atoms with Crippen LogP contribution in [0.3, 0.4) is 0 Å². The summed E-state index contributed by atoms with van der Waals surface area (Å²) in [7, 11) is 0. The number of pyridine rings is 2. The topological polar surface area (TPSA) is 164 Å². The molecule has 1 saturated carbocycles. The molecule has 2 aromatic heterocycles. The number of carboxylic acids is 1. The summed E-state index contributed by atoms with van der Waals surface area (Å²) in [6, 6.07) is 4.82. The maximum absolute atomic E-state index is 15.3. The third-order valence-corrected chi connectivity index (χ3v) is 7.92. The van der Waals surface area contributed by atoms with Gasteiger partial charge < -0.3 is 34.5 Å². The van der Waals surface area contributed by atoms with Gasteiger partial charge in [0.2, 0.25) is 11.3 Å². The van der Waals surface area contributed by atoms with E-state index in [1.165, 1.54) is 35.1 Å². The van der Waals surface area contributed by atoms with Gasteiger partial charge in [0, 0.05) is 31.8 Å². The molecular weight excluding hydrogens is 584 g/mol. The molecule has 0 spiro atoms. The summed E-state index contributed by atoms with van der Waals surface area (Å²) in [6.45, 7) is 1.35. The number of β-amino-alcohol motifs (C(OH)–C–C–N with tert-alkyl or cyclic N) is 1. The molecule has 3 aromatic rings. The van der Waals surface area contributed by atoms with Crippen LogP contribution in [-0.2, 0) is 9.53 Å². The number of hydrogen-bond acceptors (Lipinski definition) is 9. The molecule has 3 fully saturated rings. The number of rotatable bonds is 9. The minimum Gasteiger partial charge on any atom is -0.487 e. The molecule has 3 N–H and O–H groups in total. The zero-order chi connectivity index (χ0) is 31.3. The van der Waals surface area contributed by atoms with E-state index in [1.54, 1.807) is 4.57 Å². The highest BCUT2D eigenvalue weighted by molar-refractivity contribution is 5.92. The van der Waals surface area contributed by atoms with Crippen molar-refractivity contribution < 1.29 is 42.9 Å². The van der Waals surface area contributed by atoms with Crippen LogP contribution in [0.5, 0.6) is 5.75 Å². The third kappa shape index (κ3) is 5.62. The molecule has 6 rings (SSSR count). The highest BCUT2D eigenvalue weighted by Gasteiger charge is 2.39. The average molecular weight is 614 g/mol. The molecule has 0 bridgehead atoms. The summed E-state index contributed by atoms with van der Waals surface area (Å²) in [5, 5.41) is 23.1. The first-order chi connectivity index (χ1) is 20.9. The van der Waals surface area contributed by atoms with Crippen molar-refractivity contribution in [2.75, 3.05) is 42.6 Å². The molecule has 1 aliphatic carbocycles. The fraction of sp³-hybridized carbons (Fsp3) is 0.414. The van der Waals surface area contributed by atoms with Crippen LogP contribution < -0.4 is 25.3 Å². The number of ether oxygens (including phenoxy) is 2. The van der Waals surface area contributed by atoms with Crippen LogP contribution in [-0.4, -0.2) is 82.2 Å². The number of halogens is 2. The highest BCUT2D eigenvalue weighted by atomic mass is 19.1. The molecule has 2 atom stereocenters. The lowest BCUT2D eigenvalue weighted by Gasteiger charge is -2.25. The van der Waals surface area contributed by atoms with E-state index in [0.717, 1.165) is 25.0 Å². The number of hydrogen-bond donors (Lipinski definition) is 3. The van der Waals surface area contributed by atoms with Crippen LogP contribution in [0.15, 0.2) is 35.3 Å². The molecular formula is C29H29F2N5O8. The number of carbonyl (C=O) groups excluding carboxylic acids is 2. The SMILES string of the molecule is CC(=O)NC[C@H]1CN(c2ccc(OCC3(O)CCN(c4nc5c(cc4F)c(=O)c(C(=O)O)cn5C4CC4)C3)c(F)c2)C(=O)O1. The number of aromatic carboxylic acids is 1. The molecule has 3 aliphatic rings. The van der Waals surface area contributed by atoms with E-state index >= 15 is 4.39 Å². The van der Waals surface area contributed by atoms with Gasteiger partial charge in [-0.2, -0.15) is 0 Å². The van der Waals surface area contributed by atoms with Crippen LogP contribution in [0.4, 0.5) is 25.1 Å². The molecule has 2 amide bonds. The van der Waals surface area contributed by atoms with Gasteiger partial charge in [0.1, 0.15) is 29.5 Å². The smallest absolute Gasteiger partial charge is 0.414 e. The Hall–Kier alpha value is -4.79. The molecule has 232 valence electrons. The predicted octanol–water partition coefficient (Wildman–Crippen LogP) is 2.19. The Labute approximate surface area is 248 Å². The number of carbonyl (C=O) groups is 3. The number of aromatic nitrogens is 2. The van der Waals surface area contributed by atoms with Crippen molar-refractivity contribution in [3.8, 4) is 5.75 Å². The first kappa shape index (κ1) is 29.3. The largest absolute Gasteiger partial charge is 0.487 e. The van der Waals surface area contributed by atoms with Crippen molar-refractivity contribution in [3.63, 3.8) is 0 Å². The lowest BCUT2D eigenvalue weighted by Crippen LogP contribution is -2.39. The van der Waals surface area contributed by atoms with Gasteiger partial charge in [-0.05, 0) is 37.5 Å². The number of fused-ring (bicyclic) bond motifs is 1. The average Bonchev–Trinajstić information content (AvgIpc) is 3.64. The Morgan fingerprint density at radius 1 is 1.20 bits per heavy atom. The van der Waals surface area contributed by atoms with E-state index in [-0.39, 0.29) is 79.4 Å². The molecule has 1 aromatic carbocycles. The summed E-state index contributed by atoms with van der Waals surface area (Å²) in [5.41, 5.74) is -2.39. The van der Waals surface area contributed by atoms with Crippen LogP contribution in [0.2, 0.25) is 0 Å². The normalized spacial score (nSPS) is 21.5. The molecule has 44 heavy (non-hydrogen) atoms. The van der Waals surface area contributed by atoms with Crippen LogP contribution in [0.1, 0.15) is 42.6 Å². The first-order valence-electron chi connectivity index (χ1n) is 14.0. The Balaban J connectivity index is 1.15. The van der Waals surface area contributed by atoms with E-state index < -0.39 is 46.4 Å². The van der Waals surface area contributed by atoms with Crippen molar-refractivity contribution in [1.82, 2.24) is 14.9 Å². The second-order valence-corrected chi connectivity index (χ2v) is 11.3. The van der Waals surface area contributed by atoms with E-state index in [4.69, 9.17) is 9.47 Å². The fourth-order valence-electron chi connectivity index (χ4n) is 5.48. The Bertz CT molecular complexity index is 1740. The second-order valence-electron chi connectivity index (χ2n) is 11.3. The second kappa shape index (κ2) is 11.0. The quantitative estimate of drug-likeness (QED) is 0.326. The molecule has 2 aliphatic heterocycles.